The summed E-state index contributed by atoms with van der Waals surface area (Å²) in [5, 5.41) is 5.25. The SMILES string of the molecule is O=S(=O)(NN=Cc1cccc2cccnc12)c1ccc(Cl)cc1. The Hall–Kier alpha value is -2.44. The van der Waals surface area contributed by atoms with Gasteiger partial charge in [0.25, 0.3) is 10.0 Å². The molecule has 0 aliphatic heterocycles. The zero-order valence-corrected chi connectivity index (χ0v) is 13.4. The van der Waals surface area contributed by atoms with Crippen LogP contribution in [0.5, 0.6) is 0 Å². The van der Waals surface area contributed by atoms with Gasteiger partial charge in [0.1, 0.15) is 0 Å². The largest absolute Gasteiger partial charge is 0.276 e. The van der Waals surface area contributed by atoms with Gasteiger partial charge in [-0.05, 0) is 30.3 Å². The van der Waals surface area contributed by atoms with Crippen molar-refractivity contribution in [1.82, 2.24) is 9.82 Å². The number of rotatable bonds is 4. The standard InChI is InChI=1S/C16H12ClN3O2S/c17-14-6-8-15(9-7-14)23(21,22)20-19-11-13-4-1-3-12-5-2-10-18-16(12)13/h1-11,20H. The van der Waals surface area contributed by atoms with E-state index in [1.165, 1.54) is 30.5 Å². The third kappa shape index (κ3) is 3.49. The minimum absolute atomic E-state index is 0.0927. The molecule has 0 aliphatic rings. The monoisotopic (exact) mass is 345 g/mol. The van der Waals surface area contributed by atoms with Crippen LogP contribution >= 0.6 is 11.6 Å². The molecule has 0 unspecified atom stereocenters. The summed E-state index contributed by atoms with van der Waals surface area (Å²) in [5.41, 5.74) is 1.48. The summed E-state index contributed by atoms with van der Waals surface area (Å²) < 4.78 is 24.2. The van der Waals surface area contributed by atoms with E-state index in [4.69, 9.17) is 11.6 Å². The van der Waals surface area contributed by atoms with Gasteiger partial charge < -0.3 is 0 Å². The summed E-state index contributed by atoms with van der Waals surface area (Å²) in [4.78, 5) is 6.55. The minimum atomic E-state index is -3.73. The lowest BCUT2D eigenvalue weighted by Gasteiger charge is -2.04. The van der Waals surface area contributed by atoms with Crippen LogP contribution in [0, 0.1) is 0 Å². The number of nitrogens with zero attached hydrogens (tertiary/aromatic N) is 2. The van der Waals surface area contributed by atoms with Crippen molar-refractivity contribution in [3.05, 3.63) is 71.4 Å². The first-order valence-corrected chi connectivity index (χ1v) is 8.56. The number of hydrogen-bond donors (Lipinski definition) is 1. The molecule has 0 spiro atoms. The molecule has 0 radical (unpaired) electrons. The Labute approximate surface area is 138 Å². The minimum Gasteiger partial charge on any atom is -0.256 e. The van der Waals surface area contributed by atoms with E-state index in [-0.39, 0.29) is 4.90 Å². The first kappa shape index (κ1) is 15.5. The van der Waals surface area contributed by atoms with Gasteiger partial charge in [0.05, 0.1) is 16.6 Å². The fraction of sp³-hybridized carbons (Fsp3) is 0. The zero-order chi connectivity index (χ0) is 16.3. The number of sulfonamides is 1. The average Bonchev–Trinajstić information content (AvgIpc) is 2.55. The Morgan fingerprint density at radius 2 is 1.78 bits per heavy atom. The van der Waals surface area contributed by atoms with Crippen LogP contribution in [0.15, 0.2) is 70.8 Å². The highest BCUT2D eigenvalue weighted by Gasteiger charge is 2.12. The van der Waals surface area contributed by atoms with E-state index in [2.05, 4.69) is 14.9 Å². The Morgan fingerprint density at radius 1 is 1.04 bits per heavy atom. The molecule has 5 nitrogen and oxygen atoms in total. The molecule has 0 atom stereocenters. The summed E-state index contributed by atoms with van der Waals surface area (Å²) in [7, 11) is -3.73. The maximum atomic E-state index is 12.1. The fourth-order valence-corrected chi connectivity index (χ4v) is 2.98. The van der Waals surface area contributed by atoms with Crippen LogP contribution in [0.1, 0.15) is 5.56 Å². The Kier molecular flexibility index (Phi) is 4.27. The highest BCUT2D eigenvalue weighted by atomic mass is 35.5. The fourth-order valence-electron chi connectivity index (χ4n) is 2.06. The van der Waals surface area contributed by atoms with Crippen LogP contribution in [0.3, 0.4) is 0 Å². The van der Waals surface area contributed by atoms with Crippen molar-refractivity contribution >= 4 is 38.7 Å². The molecule has 0 bridgehead atoms. The third-order valence-corrected chi connectivity index (χ3v) is 4.65. The summed E-state index contributed by atoms with van der Waals surface area (Å²) in [6.07, 6.45) is 3.11. The van der Waals surface area contributed by atoms with Crippen LogP contribution in [-0.2, 0) is 10.0 Å². The van der Waals surface area contributed by atoms with Crippen LogP contribution in [0.4, 0.5) is 0 Å². The van der Waals surface area contributed by atoms with Crippen LogP contribution in [0.25, 0.3) is 10.9 Å². The van der Waals surface area contributed by atoms with Crippen molar-refractivity contribution in [3.63, 3.8) is 0 Å². The van der Waals surface area contributed by atoms with E-state index >= 15 is 0 Å². The van der Waals surface area contributed by atoms with Crippen LogP contribution in [-0.4, -0.2) is 19.6 Å². The van der Waals surface area contributed by atoms with E-state index in [1.807, 2.05) is 30.3 Å². The lowest BCUT2D eigenvalue weighted by molar-refractivity contribution is 0.584. The van der Waals surface area contributed by atoms with Gasteiger partial charge in [0.2, 0.25) is 0 Å². The smallest absolute Gasteiger partial charge is 0.256 e. The molecule has 23 heavy (non-hydrogen) atoms. The van der Waals surface area contributed by atoms with Gasteiger partial charge in [-0.25, -0.2) is 4.83 Å². The summed E-state index contributed by atoms with van der Waals surface area (Å²) >= 11 is 5.75. The van der Waals surface area contributed by atoms with E-state index in [0.717, 1.165) is 16.5 Å². The maximum Gasteiger partial charge on any atom is 0.276 e. The van der Waals surface area contributed by atoms with Crippen LogP contribution < -0.4 is 4.83 Å². The van der Waals surface area contributed by atoms with E-state index in [0.29, 0.717) is 5.02 Å². The molecule has 1 heterocycles. The molecule has 7 heteroatoms. The second kappa shape index (κ2) is 6.36. The predicted octanol–water partition coefficient (Wildman–Crippen LogP) is 3.20. The second-order valence-corrected chi connectivity index (χ2v) is 6.83. The summed E-state index contributed by atoms with van der Waals surface area (Å²) in [6, 6.07) is 15.2. The number of para-hydroxylation sites is 1. The quantitative estimate of drug-likeness (QED) is 0.583. The predicted molar refractivity (Wildman–Crippen MR) is 91.1 cm³/mol. The van der Waals surface area contributed by atoms with E-state index in [1.54, 1.807) is 6.20 Å². The lowest BCUT2D eigenvalue weighted by Crippen LogP contribution is -2.18. The van der Waals surface area contributed by atoms with Crippen molar-refractivity contribution in [3.8, 4) is 0 Å². The number of fused-ring (bicyclic) bond motifs is 1. The molecule has 3 aromatic rings. The summed E-state index contributed by atoms with van der Waals surface area (Å²) in [5.74, 6) is 0. The van der Waals surface area contributed by atoms with Gasteiger partial charge in [-0.3, -0.25) is 4.98 Å². The van der Waals surface area contributed by atoms with Gasteiger partial charge in [-0.1, -0.05) is 35.9 Å². The maximum absolute atomic E-state index is 12.1. The molecular weight excluding hydrogens is 334 g/mol. The molecule has 1 aromatic heterocycles. The zero-order valence-electron chi connectivity index (χ0n) is 11.8. The molecule has 1 N–H and O–H groups in total. The Bertz CT molecular complexity index is 965. The van der Waals surface area contributed by atoms with Crippen molar-refractivity contribution in [2.45, 2.75) is 4.90 Å². The van der Waals surface area contributed by atoms with Gasteiger partial charge in [0, 0.05) is 22.2 Å². The highest BCUT2D eigenvalue weighted by Crippen LogP contribution is 2.15. The molecule has 2 aromatic carbocycles. The molecule has 116 valence electrons. The van der Waals surface area contributed by atoms with Gasteiger partial charge in [-0.15, -0.1) is 0 Å². The number of nitrogens with one attached hydrogen (secondary N) is 1. The number of halogens is 1. The lowest BCUT2D eigenvalue weighted by atomic mass is 10.1. The van der Waals surface area contributed by atoms with Gasteiger partial charge in [-0.2, -0.15) is 13.5 Å². The number of hydrazone groups is 1. The molecule has 3 rings (SSSR count). The Balaban J connectivity index is 1.84. The van der Waals surface area contributed by atoms with E-state index in [9.17, 15) is 8.42 Å². The summed E-state index contributed by atoms with van der Waals surface area (Å²) in [6.45, 7) is 0. The highest BCUT2D eigenvalue weighted by molar-refractivity contribution is 7.89. The van der Waals surface area contributed by atoms with Crippen molar-refractivity contribution < 1.29 is 8.42 Å². The van der Waals surface area contributed by atoms with Crippen molar-refractivity contribution in [2.24, 2.45) is 5.10 Å². The number of aromatic nitrogens is 1. The Morgan fingerprint density at radius 3 is 2.57 bits per heavy atom. The van der Waals surface area contributed by atoms with Crippen molar-refractivity contribution in [1.29, 1.82) is 0 Å². The normalized spacial score (nSPS) is 11.9. The van der Waals surface area contributed by atoms with Gasteiger partial charge in [0.15, 0.2) is 0 Å². The number of benzene rings is 2. The first-order valence-electron chi connectivity index (χ1n) is 6.70. The molecule has 0 fully saturated rings. The number of hydrogen-bond acceptors (Lipinski definition) is 4. The van der Waals surface area contributed by atoms with Gasteiger partial charge >= 0.3 is 0 Å². The molecule has 0 aliphatic carbocycles. The average molecular weight is 346 g/mol. The first-order chi connectivity index (χ1) is 11.1. The third-order valence-electron chi connectivity index (χ3n) is 3.16. The molecule has 0 saturated heterocycles. The van der Waals surface area contributed by atoms with E-state index < -0.39 is 10.0 Å². The molecule has 0 saturated carbocycles. The second-order valence-electron chi connectivity index (χ2n) is 4.73. The number of pyridine rings is 1. The topological polar surface area (TPSA) is 71.4 Å². The molecule has 0 amide bonds. The van der Waals surface area contributed by atoms with Crippen LogP contribution in [0.2, 0.25) is 5.02 Å². The molecular formula is C16H12ClN3O2S. The van der Waals surface area contributed by atoms with Crippen molar-refractivity contribution in [2.75, 3.05) is 0 Å².